The number of rotatable bonds is 2. The van der Waals surface area contributed by atoms with Gasteiger partial charge in [0.25, 0.3) is 5.91 Å². The topological polar surface area (TPSA) is 75.4 Å². The Kier molecular flexibility index (Phi) is 3.55. The van der Waals surface area contributed by atoms with Crippen molar-refractivity contribution in [2.45, 2.75) is 19.4 Å². The molecule has 6 heteroatoms. The smallest absolute Gasteiger partial charge is 0.266 e. The first-order chi connectivity index (χ1) is 10.1. The lowest BCUT2D eigenvalue weighted by atomic mass is 10.2. The van der Waals surface area contributed by atoms with Crippen LogP contribution in [0.3, 0.4) is 0 Å². The van der Waals surface area contributed by atoms with E-state index in [2.05, 4.69) is 5.32 Å². The van der Waals surface area contributed by atoms with E-state index in [1.165, 1.54) is 18.3 Å². The number of hydrogen-bond donors (Lipinski definition) is 2. The van der Waals surface area contributed by atoms with Gasteiger partial charge in [0.05, 0.1) is 5.69 Å². The fourth-order valence-corrected chi connectivity index (χ4v) is 3.81. The standard InChI is InChI=1S/C15H17N3O2S/c1-9(19)17-10-6-7-18(8-10)15(20)14-13(16)11-4-2-3-5-12(11)21-14/h2-5,10H,6-8,16H2,1H3,(H,17,19). The van der Waals surface area contributed by atoms with E-state index in [1.807, 2.05) is 24.3 Å². The average molecular weight is 303 g/mol. The van der Waals surface area contributed by atoms with Crippen LogP contribution in [0.15, 0.2) is 24.3 Å². The maximum Gasteiger partial charge on any atom is 0.266 e. The highest BCUT2D eigenvalue weighted by Gasteiger charge is 2.29. The monoisotopic (exact) mass is 303 g/mol. The van der Waals surface area contributed by atoms with E-state index in [1.54, 1.807) is 4.90 Å². The van der Waals surface area contributed by atoms with E-state index in [0.29, 0.717) is 23.7 Å². The fourth-order valence-electron chi connectivity index (χ4n) is 2.72. The zero-order valence-corrected chi connectivity index (χ0v) is 12.6. The van der Waals surface area contributed by atoms with Crippen LogP contribution in [-0.2, 0) is 4.79 Å². The molecule has 2 aromatic rings. The van der Waals surface area contributed by atoms with E-state index in [9.17, 15) is 9.59 Å². The van der Waals surface area contributed by atoms with Crippen molar-refractivity contribution in [2.75, 3.05) is 18.8 Å². The number of thiophene rings is 1. The molecule has 0 saturated carbocycles. The summed E-state index contributed by atoms with van der Waals surface area (Å²) in [4.78, 5) is 26.1. The van der Waals surface area contributed by atoms with Crippen molar-refractivity contribution in [1.29, 1.82) is 0 Å². The van der Waals surface area contributed by atoms with Crippen molar-refractivity contribution in [2.24, 2.45) is 0 Å². The van der Waals surface area contributed by atoms with Crippen LogP contribution in [0.2, 0.25) is 0 Å². The first-order valence-electron chi connectivity index (χ1n) is 6.89. The minimum atomic E-state index is -0.0596. The van der Waals surface area contributed by atoms with E-state index in [-0.39, 0.29) is 17.9 Å². The Morgan fingerprint density at radius 3 is 2.86 bits per heavy atom. The number of fused-ring (bicyclic) bond motifs is 1. The first-order valence-corrected chi connectivity index (χ1v) is 7.71. The minimum Gasteiger partial charge on any atom is -0.397 e. The highest BCUT2D eigenvalue weighted by atomic mass is 32.1. The summed E-state index contributed by atoms with van der Waals surface area (Å²) >= 11 is 1.43. The summed E-state index contributed by atoms with van der Waals surface area (Å²) in [5.41, 5.74) is 6.67. The van der Waals surface area contributed by atoms with Crippen LogP contribution in [-0.4, -0.2) is 35.8 Å². The molecule has 3 N–H and O–H groups in total. The zero-order valence-electron chi connectivity index (χ0n) is 11.8. The summed E-state index contributed by atoms with van der Waals surface area (Å²) in [6.07, 6.45) is 0.788. The van der Waals surface area contributed by atoms with Gasteiger partial charge in [-0.2, -0.15) is 0 Å². The number of anilines is 1. The molecule has 1 aromatic carbocycles. The minimum absolute atomic E-state index is 0.0402. The molecular formula is C15H17N3O2S. The number of carbonyl (C=O) groups excluding carboxylic acids is 2. The Morgan fingerprint density at radius 1 is 1.38 bits per heavy atom. The van der Waals surface area contributed by atoms with Gasteiger partial charge in [-0.25, -0.2) is 0 Å². The third kappa shape index (κ3) is 2.58. The number of amides is 2. The van der Waals surface area contributed by atoms with Gasteiger partial charge in [-0.3, -0.25) is 9.59 Å². The SMILES string of the molecule is CC(=O)NC1CCN(C(=O)c2sc3ccccc3c2N)C1. The summed E-state index contributed by atoms with van der Waals surface area (Å²) < 4.78 is 1.02. The summed E-state index contributed by atoms with van der Waals surface area (Å²) in [7, 11) is 0. The normalized spacial score (nSPS) is 18.1. The van der Waals surface area contributed by atoms with Gasteiger partial charge in [-0.15, -0.1) is 11.3 Å². The Morgan fingerprint density at radius 2 is 2.14 bits per heavy atom. The van der Waals surface area contributed by atoms with E-state index in [0.717, 1.165) is 16.5 Å². The van der Waals surface area contributed by atoms with Gasteiger partial charge in [-0.05, 0) is 12.5 Å². The van der Waals surface area contributed by atoms with E-state index >= 15 is 0 Å². The molecule has 1 atom stereocenters. The lowest BCUT2D eigenvalue weighted by Gasteiger charge is -2.16. The summed E-state index contributed by atoms with van der Waals surface area (Å²) in [5, 5.41) is 3.79. The molecule has 0 aliphatic carbocycles. The first kappa shape index (κ1) is 13.9. The number of nitrogens with two attached hydrogens (primary N) is 1. The molecular weight excluding hydrogens is 286 g/mol. The Bertz CT molecular complexity index is 710. The molecule has 1 unspecified atom stereocenters. The quantitative estimate of drug-likeness (QED) is 0.889. The summed E-state index contributed by atoms with van der Waals surface area (Å²) in [6.45, 7) is 2.69. The predicted molar refractivity (Wildman–Crippen MR) is 84.4 cm³/mol. The van der Waals surface area contributed by atoms with E-state index < -0.39 is 0 Å². The molecule has 1 aliphatic heterocycles. The predicted octanol–water partition coefficient (Wildman–Crippen LogP) is 1.83. The molecule has 110 valence electrons. The van der Waals surface area contributed by atoms with Gasteiger partial charge in [-0.1, -0.05) is 18.2 Å². The zero-order chi connectivity index (χ0) is 15.0. The van der Waals surface area contributed by atoms with Crippen LogP contribution in [0.1, 0.15) is 23.0 Å². The van der Waals surface area contributed by atoms with Gasteiger partial charge in [0.15, 0.2) is 0 Å². The Hall–Kier alpha value is -2.08. The molecule has 2 amide bonds. The summed E-state index contributed by atoms with van der Waals surface area (Å²) in [5.74, 6) is -0.0998. The highest BCUT2D eigenvalue weighted by molar-refractivity contribution is 7.21. The number of nitrogen functional groups attached to an aromatic ring is 1. The van der Waals surface area contributed by atoms with Crippen LogP contribution in [0.4, 0.5) is 5.69 Å². The lowest BCUT2D eigenvalue weighted by Crippen LogP contribution is -2.37. The van der Waals surface area contributed by atoms with Crippen molar-refractivity contribution >= 4 is 38.9 Å². The van der Waals surface area contributed by atoms with Crippen LogP contribution >= 0.6 is 11.3 Å². The number of nitrogens with one attached hydrogen (secondary N) is 1. The highest BCUT2D eigenvalue weighted by Crippen LogP contribution is 2.34. The number of benzene rings is 1. The third-order valence-corrected chi connectivity index (χ3v) is 4.89. The molecule has 1 saturated heterocycles. The maximum absolute atomic E-state index is 12.6. The average Bonchev–Trinajstić information content (AvgIpc) is 3.03. The molecule has 0 radical (unpaired) electrons. The molecule has 1 aliphatic rings. The van der Waals surface area contributed by atoms with Crippen LogP contribution in [0, 0.1) is 0 Å². The Balaban J connectivity index is 1.81. The number of likely N-dealkylation sites (tertiary alicyclic amines) is 1. The molecule has 21 heavy (non-hydrogen) atoms. The van der Waals surface area contributed by atoms with Gasteiger partial charge in [0.2, 0.25) is 5.91 Å². The van der Waals surface area contributed by atoms with Crippen LogP contribution in [0.5, 0.6) is 0 Å². The van der Waals surface area contributed by atoms with Gasteiger partial charge < -0.3 is 16.0 Å². The number of nitrogens with zero attached hydrogens (tertiary/aromatic N) is 1. The van der Waals surface area contributed by atoms with Crippen molar-refractivity contribution in [3.05, 3.63) is 29.1 Å². The molecule has 3 rings (SSSR count). The van der Waals surface area contributed by atoms with Crippen molar-refractivity contribution < 1.29 is 9.59 Å². The third-order valence-electron chi connectivity index (χ3n) is 3.71. The van der Waals surface area contributed by atoms with Crippen LogP contribution < -0.4 is 11.1 Å². The maximum atomic E-state index is 12.6. The van der Waals surface area contributed by atoms with E-state index in [4.69, 9.17) is 5.73 Å². The molecule has 2 heterocycles. The largest absolute Gasteiger partial charge is 0.397 e. The van der Waals surface area contributed by atoms with Crippen molar-refractivity contribution in [3.63, 3.8) is 0 Å². The van der Waals surface area contributed by atoms with Crippen LogP contribution in [0.25, 0.3) is 10.1 Å². The second-order valence-electron chi connectivity index (χ2n) is 5.28. The summed E-state index contributed by atoms with van der Waals surface area (Å²) in [6, 6.07) is 7.80. The fraction of sp³-hybridized carbons (Fsp3) is 0.333. The molecule has 1 aromatic heterocycles. The molecule has 0 spiro atoms. The van der Waals surface area contributed by atoms with Gasteiger partial charge >= 0.3 is 0 Å². The van der Waals surface area contributed by atoms with Gasteiger partial charge in [0.1, 0.15) is 4.88 Å². The molecule has 0 bridgehead atoms. The number of hydrogen-bond acceptors (Lipinski definition) is 4. The Labute approximate surface area is 126 Å². The van der Waals surface area contributed by atoms with Crippen molar-refractivity contribution in [1.82, 2.24) is 10.2 Å². The number of carbonyl (C=O) groups is 2. The molecule has 1 fully saturated rings. The second-order valence-corrected chi connectivity index (χ2v) is 6.33. The van der Waals surface area contributed by atoms with Gasteiger partial charge in [0, 0.05) is 36.1 Å². The lowest BCUT2D eigenvalue weighted by molar-refractivity contribution is -0.119. The van der Waals surface area contributed by atoms with Crippen molar-refractivity contribution in [3.8, 4) is 0 Å². The molecule has 5 nitrogen and oxygen atoms in total. The second kappa shape index (κ2) is 5.37.